The number of hydrogen-bond donors (Lipinski definition) is 0. The van der Waals surface area contributed by atoms with Crippen LogP contribution < -0.4 is 0 Å². The molecule has 0 saturated heterocycles. The van der Waals surface area contributed by atoms with Gasteiger partial charge in [-0.2, -0.15) is 0 Å². The van der Waals surface area contributed by atoms with Gasteiger partial charge in [-0.25, -0.2) is 0 Å². The maximum absolute atomic E-state index is 2.23. The van der Waals surface area contributed by atoms with E-state index in [2.05, 4.69) is 437 Å². The molecule has 0 unspecified atom stereocenters. The lowest BCUT2D eigenvalue weighted by Crippen LogP contribution is -1.85. The summed E-state index contributed by atoms with van der Waals surface area (Å²) < 4.78 is 0. The molecule has 0 aliphatic heterocycles. The van der Waals surface area contributed by atoms with Crippen molar-refractivity contribution in [3.05, 3.63) is 437 Å². The highest BCUT2D eigenvalue weighted by molar-refractivity contribution is 5.84. The standard InChI is InChI=1S/C108H72/c1-2-74-4-3-73(1)75-5-7-77(8-6-75)79-13-15-81(16-14-79)83-21-23-85(24-22-83)87-29-31-89(32-30-87)91-37-39-93(40-38-91)95-45-47-97(48-46-95)99-53-55-101(56-54-99)103-61-63-105(64-62-103)107-69-71-108(72-70-107)106-67-65-104(66-68-106)102-59-57-100(58-60-102)98-51-49-96(50-52-98)94-43-41-92(42-44-94)90-35-33-88(34-36-90)86-27-25-84(26-28-86)82-19-17-80(18-20-82)78-11-9-76(74)10-12-78/h1-72H. The van der Waals surface area contributed by atoms with Gasteiger partial charge in [0.2, 0.25) is 0 Å². The zero-order chi connectivity index (χ0) is 71.7. The van der Waals surface area contributed by atoms with Crippen LogP contribution in [0, 0.1) is 0 Å². The van der Waals surface area contributed by atoms with Gasteiger partial charge in [-0.3, -0.25) is 0 Å². The molecule has 0 heterocycles. The van der Waals surface area contributed by atoms with E-state index in [1.807, 2.05) is 0 Å². The smallest absolute Gasteiger partial charge is 0.0184 e. The topological polar surface area (TPSA) is 0 Å². The van der Waals surface area contributed by atoms with Crippen LogP contribution in [0.25, 0.3) is 200 Å². The van der Waals surface area contributed by atoms with Gasteiger partial charge in [-0.1, -0.05) is 437 Å². The average molecular weight is 1370 g/mol. The van der Waals surface area contributed by atoms with Gasteiger partial charge in [0.05, 0.1) is 0 Å². The Bertz CT molecular complexity index is 4130. The molecule has 52 aliphatic rings. The highest BCUT2D eigenvalue weighted by Gasteiger charge is 2.13. The second-order valence-electron chi connectivity index (χ2n) is 28.4. The van der Waals surface area contributed by atoms with Crippen molar-refractivity contribution in [2.75, 3.05) is 0 Å². The first-order valence-corrected chi connectivity index (χ1v) is 37.3. The van der Waals surface area contributed by atoms with Crippen molar-refractivity contribution in [2.24, 2.45) is 0 Å². The fourth-order valence-corrected chi connectivity index (χ4v) is 15.4. The second-order valence-corrected chi connectivity index (χ2v) is 28.4. The van der Waals surface area contributed by atoms with Crippen LogP contribution >= 0.6 is 0 Å². The maximum Gasteiger partial charge on any atom is -0.0184 e. The Hall–Kier alpha value is -14.0. The van der Waals surface area contributed by atoms with E-state index in [0.29, 0.717) is 0 Å². The van der Waals surface area contributed by atoms with Crippen LogP contribution in [0.1, 0.15) is 0 Å². The summed E-state index contributed by atoms with van der Waals surface area (Å²) in [6.07, 6.45) is 0. The summed E-state index contributed by atoms with van der Waals surface area (Å²) in [5.74, 6) is 0. The summed E-state index contributed by atoms with van der Waals surface area (Å²) in [7, 11) is 0. The number of rotatable bonds is 0. The predicted molar refractivity (Wildman–Crippen MR) is 458 cm³/mol. The van der Waals surface area contributed by atoms with Crippen molar-refractivity contribution < 1.29 is 0 Å². The van der Waals surface area contributed by atoms with Crippen molar-refractivity contribution >= 4 is 0 Å². The van der Waals surface area contributed by atoms with Crippen molar-refractivity contribution in [2.45, 2.75) is 0 Å². The molecule has 0 nitrogen and oxygen atoms in total. The van der Waals surface area contributed by atoms with Crippen molar-refractivity contribution in [1.82, 2.24) is 0 Å². The quantitative estimate of drug-likeness (QED) is 0.142. The SMILES string of the molecule is c1cc2ccc1-c1ccc(cc1)-c1ccc(cc1)-c1ccc(cc1)-c1ccc(cc1)-c1ccc(cc1)-c1ccc(cc1)-c1ccc(cc1)-c1ccc(cc1)-c1ccc(cc1)-c1ccc(cc1)-c1ccc(cc1)-c1ccc(cc1)-c1ccc(cc1)-c1ccc(cc1)-c1ccc(cc1)-c1ccc(cc1)-c1ccc-2cc1. The maximum atomic E-state index is 2.23. The van der Waals surface area contributed by atoms with Gasteiger partial charge in [-0.05, 0) is 200 Å². The molecule has 0 fully saturated rings. The molecule has 108 heavy (non-hydrogen) atoms. The predicted octanol–water partition coefficient (Wildman–Crippen LogP) is 30.0. The van der Waals surface area contributed by atoms with Crippen LogP contribution in [0.15, 0.2) is 437 Å². The van der Waals surface area contributed by atoms with Gasteiger partial charge in [0.1, 0.15) is 0 Å². The number of hydrogen-bond acceptors (Lipinski definition) is 0. The third-order valence-electron chi connectivity index (χ3n) is 21.9. The van der Waals surface area contributed by atoms with E-state index in [0.717, 1.165) is 0 Å². The second kappa shape index (κ2) is 28.5. The molecule has 0 spiro atoms. The fraction of sp³-hybridized carbons (Fsp3) is 0. The van der Waals surface area contributed by atoms with E-state index >= 15 is 0 Å². The molecular formula is C108H72. The molecule has 36 bridgehead atoms. The van der Waals surface area contributed by atoms with Gasteiger partial charge in [0.25, 0.3) is 0 Å². The minimum absolute atomic E-state index is 1.20. The Morgan fingerprint density at radius 1 is 0.0370 bits per heavy atom. The fourth-order valence-electron chi connectivity index (χ4n) is 15.4. The largest absolute Gasteiger partial charge is 0.0538 e. The molecule has 0 heteroatoms. The summed E-state index contributed by atoms with van der Waals surface area (Å²) >= 11 is 0. The highest BCUT2D eigenvalue weighted by atomic mass is 14.2. The normalized spacial score (nSPS) is 11.3. The van der Waals surface area contributed by atoms with Gasteiger partial charge < -0.3 is 0 Å². The van der Waals surface area contributed by atoms with Crippen LogP contribution in [0.4, 0.5) is 0 Å². The molecule has 0 aromatic heterocycles. The average Bonchev–Trinajstić information content (AvgIpc) is 0.828. The van der Waals surface area contributed by atoms with E-state index in [-0.39, 0.29) is 0 Å². The molecule has 18 aromatic carbocycles. The van der Waals surface area contributed by atoms with Crippen LogP contribution in [0.5, 0.6) is 0 Å². The third-order valence-corrected chi connectivity index (χ3v) is 21.9. The van der Waals surface area contributed by atoms with Gasteiger partial charge in [0.15, 0.2) is 0 Å². The van der Waals surface area contributed by atoms with E-state index < -0.39 is 0 Å². The van der Waals surface area contributed by atoms with Crippen LogP contribution in [0.3, 0.4) is 0 Å². The van der Waals surface area contributed by atoms with Crippen molar-refractivity contribution in [1.29, 1.82) is 0 Å². The molecule has 0 saturated carbocycles. The lowest BCUT2D eigenvalue weighted by Gasteiger charge is -2.10. The minimum atomic E-state index is 1.20. The number of benzene rings is 18. The molecule has 504 valence electrons. The van der Waals surface area contributed by atoms with E-state index in [9.17, 15) is 0 Å². The molecule has 0 amide bonds. The van der Waals surface area contributed by atoms with E-state index in [1.165, 1.54) is 200 Å². The molecule has 0 N–H and O–H groups in total. The Morgan fingerprint density at radius 2 is 0.0556 bits per heavy atom. The Labute approximate surface area is 632 Å². The monoisotopic (exact) mass is 1370 g/mol. The van der Waals surface area contributed by atoms with Crippen LogP contribution in [-0.2, 0) is 0 Å². The molecule has 70 rings (SSSR count). The Kier molecular flexibility index (Phi) is 17.1. The third kappa shape index (κ3) is 13.4. The summed E-state index contributed by atoms with van der Waals surface area (Å²) in [6, 6.07) is 161. The van der Waals surface area contributed by atoms with Gasteiger partial charge in [-0.15, -0.1) is 0 Å². The van der Waals surface area contributed by atoms with Crippen molar-refractivity contribution in [3.8, 4) is 200 Å². The van der Waals surface area contributed by atoms with Crippen LogP contribution in [-0.4, -0.2) is 0 Å². The Balaban J connectivity index is 0.544. The zero-order valence-corrected chi connectivity index (χ0v) is 59.6. The summed E-state index contributed by atoms with van der Waals surface area (Å²) in [5, 5.41) is 0. The first-order valence-electron chi connectivity index (χ1n) is 37.3. The molecule has 18 aromatic rings. The highest BCUT2D eigenvalue weighted by Crippen LogP contribution is 2.39. The Morgan fingerprint density at radius 3 is 0.0741 bits per heavy atom. The van der Waals surface area contributed by atoms with E-state index in [1.54, 1.807) is 0 Å². The molecular weight excluding hydrogens is 1300 g/mol. The first-order chi connectivity index (χ1) is 53.4. The molecule has 0 atom stereocenters. The summed E-state index contributed by atoms with van der Waals surface area (Å²) in [4.78, 5) is 0. The molecule has 0 radical (unpaired) electrons. The minimum Gasteiger partial charge on any atom is -0.0538 e. The lowest BCUT2D eigenvalue weighted by atomic mass is 9.95. The zero-order valence-electron chi connectivity index (χ0n) is 59.6. The summed E-state index contributed by atoms with van der Waals surface area (Å²) in [5.41, 5.74) is 43.2. The van der Waals surface area contributed by atoms with Crippen molar-refractivity contribution in [3.63, 3.8) is 0 Å². The molecule has 52 aliphatic carbocycles. The van der Waals surface area contributed by atoms with Gasteiger partial charge in [0, 0.05) is 0 Å². The summed E-state index contributed by atoms with van der Waals surface area (Å²) in [6.45, 7) is 0. The first kappa shape index (κ1) is 64.8. The van der Waals surface area contributed by atoms with Gasteiger partial charge >= 0.3 is 0 Å². The lowest BCUT2D eigenvalue weighted by molar-refractivity contribution is 1.55. The van der Waals surface area contributed by atoms with E-state index in [4.69, 9.17) is 0 Å². The van der Waals surface area contributed by atoms with Crippen LogP contribution in [0.2, 0.25) is 0 Å².